The average molecular weight is 502 g/mol. The summed E-state index contributed by atoms with van der Waals surface area (Å²) >= 11 is 3.24. The number of thiophene rings is 1. The quantitative estimate of drug-likeness (QED) is 0.253. The minimum absolute atomic E-state index is 0.269. The number of H-pyrrole nitrogens is 1. The fourth-order valence-corrected chi connectivity index (χ4v) is 7.44. The molecule has 7 heteroatoms. The molecule has 1 N–H and O–H groups in total. The summed E-state index contributed by atoms with van der Waals surface area (Å²) in [5, 5.41) is 2.18. The number of pyridine rings is 1. The van der Waals surface area contributed by atoms with Gasteiger partial charge in [-0.15, -0.1) is 22.7 Å². The zero-order valence-electron chi connectivity index (χ0n) is 20.1. The first kappa shape index (κ1) is 22.4. The van der Waals surface area contributed by atoms with Gasteiger partial charge in [0.1, 0.15) is 4.88 Å². The molecule has 5 aromatic rings. The number of benzene rings is 1. The Labute approximate surface area is 212 Å². The number of carbonyl (C=O) groups excluding carboxylic acids is 1. The van der Waals surface area contributed by atoms with Crippen LogP contribution in [0, 0.1) is 13.8 Å². The lowest BCUT2D eigenvalue weighted by Crippen LogP contribution is -2.05. The Hall–Kier alpha value is -3.03. The van der Waals surface area contributed by atoms with Crippen molar-refractivity contribution in [3.05, 3.63) is 57.5 Å². The van der Waals surface area contributed by atoms with Crippen LogP contribution < -0.4 is 0 Å². The first-order chi connectivity index (χ1) is 17.0. The van der Waals surface area contributed by atoms with Gasteiger partial charge in [-0.2, -0.15) is 0 Å². The zero-order chi connectivity index (χ0) is 24.1. The van der Waals surface area contributed by atoms with E-state index in [1.165, 1.54) is 60.7 Å². The van der Waals surface area contributed by atoms with E-state index in [0.29, 0.717) is 10.8 Å². The molecule has 0 radical (unpaired) electrons. The number of ether oxygens (including phenoxy) is 1. The van der Waals surface area contributed by atoms with Crippen LogP contribution in [-0.4, -0.2) is 28.0 Å². The molecule has 1 aliphatic carbocycles. The molecule has 0 saturated heterocycles. The molecule has 1 saturated carbocycles. The van der Waals surface area contributed by atoms with Gasteiger partial charge in [0.05, 0.1) is 49.8 Å². The molecule has 35 heavy (non-hydrogen) atoms. The summed E-state index contributed by atoms with van der Waals surface area (Å²) < 4.78 is 6.17. The van der Waals surface area contributed by atoms with Gasteiger partial charge in [0, 0.05) is 5.39 Å². The van der Waals surface area contributed by atoms with Crippen LogP contribution in [0.25, 0.3) is 42.9 Å². The number of carbonyl (C=O) groups is 1. The second kappa shape index (κ2) is 8.88. The Balaban J connectivity index is 1.45. The fraction of sp³-hybridized carbons (Fsp3) is 0.321. The molecule has 0 aliphatic heterocycles. The molecule has 0 bridgehead atoms. The van der Waals surface area contributed by atoms with Gasteiger partial charge in [-0.05, 0) is 68.0 Å². The smallest absolute Gasteiger partial charge is 0.348 e. The highest BCUT2D eigenvalue weighted by Crippen LogP contribution is 2.45. The number of aromatic amines is 1. The average Bonchev–Trinajstić information content (AvgIpc) is 3.55. The van der Waals surface area contributed by atoms with Crippen LogP contribution >= 0.6 is 22.7 Å². The van der Waals surface area contributed by atoms with E-state index in [9.17, 15) is 4.79 Å². The molecular formula is C28H27N3O2S2. The Kier molecular flexibility index (Phi) is 5.69. The molecule has 0 unspecified atom stereocenters. The van der Waals surface area contributed by atoms with E-state index in [1.807, 2.05) is 19.9 Å². The van der Waals surface area contributed by atoms with Crippen LogP contribution in [-0.2, 0) is 4.74 Å². The number of nitrogens with zero attached hydrogens (tertiary/aromatic N) is 2. The van der Waals surface area contributed by atoms with Crippen molar-refractivity contribution >= 4 is 49.8 Å². The highest BCUT2D eigenvalue weighted by molar-refractivity contribution is 7.21. The highest BCUT2D eigenvalue weighted by atomic mass is 32.1. The van der Waals surface area contributed by atoms with E-state index >= 15 is 0 Å². The van der Waals surface area contributed by atoms with Crippen LogP contribution in [0.1, 0.15) is 64.0 Å². The van der Waals surface area contributed by atoms with E-state index in [0.717, 1.165) is 37.7 Å². The molecule has 1 fully saturated rings. The Morgan fingerprint density at radius 3 is 2.60 bits per heavy atom. The predicted octanol–water partition coefficient (Wildman–Crippen LogP) is 8.02. The molecule has 178 valence electrons. The topological polar surface area (TPSA) is 67.9 Å². The second-order valence-corrected chi connectivity index (χ2v) is 11.6. The summed E-state index contributed by atoms with van der Waals surface area (Å²) in [4.78, 5) is 27.2. The standard InChI is InChI=1S/C28H27N3O2S2/c1-15-26(34-16(2)29-15)21-12-9-18-13-19(10-11-20(18)30-21)25-24(17-7-5-4-6-8-17)27-22(31-25)14-23(35-27)28(32)33-3/h9-14,17,31H,4-8H2,1-3H3. The zero-order valence-corrected chi connectivity index (χ0v) is 21.7. The van der Waals surface area contributed by atoms with Gasteiger partial charge in [0.2, 0.25) is 0 Å². The van der Waals surface area contributed by atoms with Crippen molar-refractivity contribution in [2.45, 2.75) is 51.9 Å². The molecule has 0 amide bonds. The number of aryl methyl sites for hydroxylation is 2. The summed E-state index contributed by atoms with van der Waals surface area (Å²) in [7, 11) is 1.44. The molecular weight excluding hydrogens is 474 g/mol. The van der Waals surface area contributed by atoms with Crippen molar-refractivity contribution in [3.63, 3.8) is 0 Å². The van der Waals surface area contributed by atoms with Gasteiger partial charge >= 0.3 is 5.97 Å². The van der Waals surface area contributed by atoms with Crippen LogP contribution in [0.4, 0.5) is 0 Å². The van der Waals surface area contributed by atoms with Crippen LogP contribution in [0.15, 0.2) is 36.4 Å². The fourth-order valence-electron chi connectivity index (χ4n) is 5.39. The number of methoxy groups -OCH3 is 1. The number of rotatable bonds is 4. The highest BCUT2D eigenvalue weighted by Gasteiger charge is 2.26. The number of aromatic nitrogens is 3. The normalized spacial score (nSPS) is 14.7. The van der Waals surface area contributed by atoms with Crippen molar-refractivity contribution in [2.24, 2.45) is 0 Å². The number of fused-ring (bicyclic) bond motifs is 2. The lowest BCUT2D eigenvalue weighted by molar-refractivity contribution is 0.0606. The van der Waals surface area contributed by atoms with Gasteiger partial charge < -0.3 is 9.72 Å². The Bertz CT molecular complexity index is 1570. The summed E-state index contributed by atoms with van der Waals surface area (Å²) in [6, 6.07) is 12.7. The molecule has 5 nitrogen and oxygen atoms in total. The molecule has 6 rings (SSSR count). The number of nitrogens with one attached hydrogen (secondary N) is 1. The van der Waals surface area contributed by atoms with Crippen LogP contribution in [0.5, 0.6) is 0 Å². The third-order valence-corrected chi connectivity index (χ3v) is 9.26. The minimum Gasteiger partial charge on any atom is -0.465 e. The SMILES string of the molecule is COC(=O)c1cc2[nH]c(-c3ccc4nc(-c5sc(C)nc5C)ccc4c3)c(C3CCCCC3)c2s1. The third-order valence-electron chi connectivity index (χ3n) is 7.02. The summed E-state index contributed by atoms with van der Waals surface area (Å²) in [5.41, 5.74) is 7.72. The van der Waals surface area contributed by atoms with Crippen molar-refractivity contribution in [2.75, 3.05) is 7.11 Å². The van der Waals surface area contributed by atoms with Crippen LogP contribution in [0.2, 0.25) is 0 Å². The van der Waals surface area contributed by atoms with Crippen molar-refractivity contribution in [1.29, 1.82) is 0 Å². The summed E-state index contributed by atoms with van der Waals surface area (Å²) in [6.07, 6.45) is 6.20. The molecule has 4 heterocycles. The first-order valence-corrected chi connectivity index (χ1v) is 13.7. The number of hydrogen-bond acceptors (Lipinski definition) is 6. The maximum absolute atomic E-state index is 12.2. The van der Waals surface area contributed by atoms with Gasteiger partial charge in [0.15, 0.2) is 0 Å². The summed E-state index contributed by atoms with van der Waals surface area (Å²) in [6.45, 7) is 4.08. The van der Waals surface area contributed by atoms with Crippen LogP contribution in [0.3, 0.4) is 0 Å². The predicted molar refractivity (Wildman–Crippen MR) is 145 cm³/mol. The van der Waals surface area contributed by atoms with E-state index in [2.05, 4.69) is 40.3 Å². The number of esters is 1. The van der Waals surface area contributed by atoms with Gasteiger partial charge in [0.25, 0.3) is 0 Å². The monoisotopic (exact) mass is 501 g/mol. The van der Waals surface area contributed by atoms with Gasteiger partial charge in [-0.1, -0.05) is 31.4 Å². The second-order valence-electron chi connectivity index (χ2n) is 9.35. The van der Waals surface area contributed by atoms with E-state index in [4.69, 9.17) is 9.72 Å². The lowest BCUT2D eigenvalue weighted by atomic mass is 9.83. The molecule has 1 aliphatic rings. The van der Waals surface area contributed by atoms with Gasteiger partial charge in [-0.25, -0.2) is 14.8 Å². The van der Waals surface area contributed by atoms with E-state index in [-0.39, 0.29) is 5.97 Å². The maximum Gasteiger partial charge on any atom is 0.348 e. The lowest BCUT2D eigenvalue weighted by Gasteiger charge is -2.22. The van der Waals surface area contributed by atoms with E-state index < -0.39 is 0 Å². The van der Waals surface area contributed by atoms with Gasteiger partial charge in [-0.3, -0.25) is 0 Å². The Morgan fingerprint density at radius 2 is 1.86 bits per heavy atom. The van der Waals surface area contributed by atoms with Crippen molar-refractivity contribution in [1.82, 2.24) is 15.0 Å². The van der Waals surface area contributed by atoms with E-state index in [1.54, 1.807) is 22.7 Å². The third kappa shape index (κ3) is 3.96. The maximum atomic E-state index is 12.2. The van der Waals surface area contributed by atoms with Crippen molar-refractivity contribution in [3.8, 4) is 21.8 Å². The Morgan fingerprint density at radius 1 is 1.03 bits per heavy atom. The number of hydrogen-bond donors (Lipinski definition) is 1. The largest absolute Gasteiger partial charge is 0.465 e. The number of thiazole rings is 1. The summed E-state index contributed by atoms with van der Waals surface area (Å²) in [5.74, 6) is 0.236. The molecule has 0 atom stereocenters. The molecule has 4 aromatic heterocycles. The van der Waals surface area contributed by atoms with Crippen molar-refractivity contribution < 1.29 is 9.53 Å². The molecule has 1 aromatic carbocycles. The minimum atomic E-state index is -0.269. The molecule has 0 spiro atoms. The first-order valence-electron chi connectivity index (χ1n) is 12.1.